The number of piperazine rings is 1. The van der Waals surface area contributed by atoms with Gasteiger partial charge in [0.1, 0.15) is 11.9 Å². The van der Waals surface area contributed by atoms with Gasteiger partial charge in [-0.15, -0.1) is 0 Å². The maximum atomic E-state index is 13.2. The number of carbonyl (C=O) groups excluding carboxylic acids is 2. The van der Waals surface area contributed by atoms with Gasteiger partial charge in [-0.1, -0.05) is 54.1 Å². The molecule has 4 rings (SSSR count). The number of nitrogens with one attached hydrogen (secondary N) is 2. The van der Waals surface area contributed by atoms with Crippen LogP contribution < -0.4 is 15.5 Å². The summed E-state index contributed by atoms with van der Waals surface area (Å²) in [6.45, 7) is 2.39. The van der Waals surface area contributed by atoms with Gasteiger partial charge in [-0.2, -0.15) is 0 Å². The predicted octanol–water partition coefficient (Wildman–Crippen LogP) is 3.53. The third-order valence-corrected chi connectivity index (χ3v) is 6.14. The molecule has 0 saturated carbocycles. The van der Waals surface area contributed by atoms with Crippen LogP contribution in [0.15, 0.2) is 72.9 Å². The second-order valence-electron chi connectivity index (χ2n) is 8.30. The number of carbonyl (C=O) groups is 2. The summed E-state index contributed by atoms with van der Waals surface area (Å²) in [6, 6.07) is 20.5. The number of rotatable bonds is 8. The van der Waals surface area contributed by atoms with Crippen molar-refractivity contribution in [1.29, 1.82) is 0 Å². The van der Waals surface area contributed by atoms with E-state index in [4.69, 9.17) is 11.6 Å². The zero-order chi connectivity index (χ0) is 23.9. The van der Waals surface area contributed by atoms with E-state index in [1.54, 1.807) is 17.2 Å². The summed E-state index contributed by atoms with van der Waals surface area (Å²) in [7, 11) is 1.81. The zero-order valence-corrected chi connectivity index (χ0v) is 19.8. The SMILES string of the molecule is CN1CCN(c2ccc(NC(=O)[C@@H](NCCc3ccc(Cl)cc3)c3ccccc3)nc2)CC1=O. The Morgan fingerprint density at radius 1 is 1.06 bits per heavy atom. The normalized spacial score (nSPS) is 14.7. The summed E-state index contributed by atoms with van der Waals surface area (Å²) in [5.41, 5.74) is 2.88. The van der Waals surface area contributed by atoms with Crippen LogP contribution in [0.4, 0.5) is 11.5 Å². The maximum absolute atomic E-state index is 13.2. The van der Waals surface area contributed by atoms with E-state index in [0.717, 1.165) is 29.8 Å². The number of benzene rings is 2. The summed E-state index contributed by atoms with van der Waals surface area (Å²) in [5, 5.41) is 6.99. The number of hydrogen-bond donors (Lipinski definition) is 2. The Labute approximate surface area is 204 Å². The lowest BCUT2D eigenvalue weighted by Crippen LogP contribution is -2.48. The minimum Gasteiger partial charge on any atom is -0.359 e. The summed E-state index contributed by atoms with van der Waals surface area (Å²) < 4.78 is 0. The molecule has 0 bridgehead atoms. The number of aromatic nitrogens is 1. The molecule has 176 valence electrons. The van der Waals surface area contributed by atoms with Gasteiger partial charge in [0.2, 0.25) is 11.8 Å². The van der Waals surface area contributed by atoms with Gasteiger partial charge in [-0.05, 0) is 41.8 Å². The highest BCUT2D eigenvalue weighted by atomic mass is 35.5. The molecule has 1 aromatic heterocycles. The molecule has 34 heavy (non-hydrogen) atoms. The third kappa shape index (κ3) is 6.12. The third-order valence-electron chi connectivity index (χ3n) is 5.89. The van der Waals surface area contributed by atoms with Crippen LogP contribution in [0.5, 0.6) is 0 Å². The van der Waals surface area contributed by atoms with Crippen molar-refractivity contribution in [1.82, 2.24) is 15.2 Å². The Bertz CT molecular complexity index is 1110. The van der Waals surface area contributed by atoms with Gasteiger partial charge >= 0.3 is 0 Å². The lowest BCUT2D eigenvalue weighted by atomic mass is 10.1. The molecular weight excluding hydrogens is 450 g/mol. The molecule has 2 amide bonds. The van der Waals surface area contributed by atoms with Crippen molar-refractivity contribution in [2.75, 3.05) is 43.4 Å². The summed E-state index contributed by atoms with van der Waals surface area (Å²) in [5.74, 6) is 0.367. The number of hydrogen-bond acceptors (Lipinski definition) is 5. The first kappa shape index (κ1) is 23.7. The van der Waals surface area contributed by atoms with Crippen LogP contribution in [-0.2, 0) is 16.0 Å². The fourth-order valence-electron chi connectivity index (χ4n) is 3.84. The quantitative estimate of drug-likeness (QED) is 0.519. The molecule has 2 N–H and O–H groups in total. The lowest BCUT2D eigenvalue weighted by Gasteiger charge is -2.33. The average molecular weight is 478 g/mol. The van der Waals surface area contributed by atoms with E-state index in [1.807, 2.05) is 72.6 Å². The second-order valence-corrected chi connectivity index (χ2v) is 8.74. The first-order chi connectivity index (χ1) is 16.5. The predicted molar refractivity (Wildman–Crippen MR) is 135 cm³/mol. The van der Waals surface area contributed by atoms with Crippen LogP contribution in [0.25, 0.3) is 0 Å². The number of pyridine rings is 1. The van der Waals surface area contributed by atoms with Crippen molar-refractivity contribution < 1.29 is 9.59 Å². The van der Waals surface area contributed by atoms with Gasteiger partial charge in [-0.3, -0.25) is 9.59 Å². The van der Waals surface area contributed by atoms with E-state index in [1.165, 1.54) is 0 Å². The molecule has 1 fully saturated rings. The molecule has 1 aliphatic heterocycles. The molecule has 8 heteroatoms. The number of amides is 2. The Morgan fingerprint density at radius 3 is 2.50 bits per heavy atom. The summed E-state index contributed by atoms with van der Waals surface area (Å²) >= 11 is 5.97. The van der Waals surface area contributed by atoms with Crippen molar-refractivity contribution in [2.24, 2.45) is 0 Å². The zero-order valence-electron chi connectivity index (χ0n) is 19.1. The van der Waals surface area contributed by atoms with Crippen LogP contribution in [0.3, 0.4) is 0 Å². The number of anilines is 2. The van der Waals surface area contributed by atoms with E-state index < -0.39 is 6.04 Å². The molecule has 1 saturated heterocycles. The van der Waals surface area contributed by atoms with Gasteiger partial charge in [0.15, 0.2) is 0 Å². The van der Waals surface area contributed by atoms with E-state index in [2.05, 4.69) is 15.6 Å². The molecule has 0 unspecified atom stereocenters. The van der Waals surface area contributed by atoms with Crippen LogP contribution in [0.1, 0.15) is 17.2 Å². The molecule has 0 radical (unpaired) electrons. The van der Waals surface area contributed by atoms with E-state index in [-0.39, 0.29) is 11.8 Å². The molecular formula is C26H28ClN5O2. The van der Waals surface area contributed by atoms with Gasteiger partial charge < -0.3 is 20.4 Å². The first-order valence-corrected chi connectivity index (χ1v) is 11.7. The molecule has 0 spiro atoms. The molecule has 0 aliphatic carbocycles. The van der Waals surface area contributed by atoms with Crippen LogP contribution in [0.2, 0.25) is 5.02 Å². The lowest BCUT2D eigenvalue weighted by molar-refractivity contribution is -0.129. The summed E-state index contributed by atoms with van der Waals surface area (Å²) in [6.07, 6.45) is 2.46. The van der Waals surface area contributed by atoms with Gasteiger partial charge in [0.25, 0.3) is 0 Å². The number of nitrogens with zero attached hydrogens (tertiary/aromatic N) is 3. The highest BCUT2D eigenvalue weighted by molar-refractivity contribution is 6.30. The molecule has 2 heterocycles. The van der Waals surface area contributed by atoms with Gasteiger partial charge in [0.05, 0.1) is 18.4 Å². The molecule has 7 nitrogen and oxygen atoms in total. The van der Waals surface area contributed by atoms with Crippen LogP contribution in [-0.4, -0.2) is 54.9 Å². The Kier molecular flexibility index (Phi) is 7.77. The van der Waals surface area contributed by atoms with E-state index in [0.29, 0.717) is 30.5 Å². The van der Waals surface area contributed by atoms with Crippen molar-refractivity contribution in [3.8, 4) is 0 Å². The minimum atomic E-state index is -0.523. The molecule has 2 aromatic carbocycles. The largest absolute Gasteiger partial charge is 0.359 e. The number of halogens is 1. The second kappa shape index (κ2) is 11.1. The maximum Gasteiger partial charge on any atom is 0.247 e. The van der Waals surface area contributed by atoms with Crippen molar-refractivity contribution in [2.45, 2.75) is 12.5 Å². The smallest absolute Gasteiger partial charge is 0.247 e. The van der Waals surface area contributed by atoms with Crippen molar-refractivity contribution in [3.05, 3.63) is 89.1 Å². The van der Waals surface area contributed by atoms with Crippen molar-refractivity contribution in [3.63, 3.8) is 0 Å². The van der Waals surface area contributed by atoms with Crippen molar-refractivity contribution >= 4 is 34.9 Å². The minimum absolute atomic E-state index is 0.0824. The topological polar surface area (TPSA) is 77.6 Å². The van der Waals surface area contributed by atoms with Gasteiger partial charge in [-0.25, -0.2) is 4.98 Å². The standard InChI is InChI=1S/C26H28ClN5O2/c1-31-15-16-32(18-24(31)33)22-11-12-23(29-17-22)30-26(34)25(20-5-3-2-4-6-20)28-14-13-19-7-9-21(27)10-8-19/h2-12,17,25,28H,13-16,18H2,1H3,(H,29,30,34)/t25-/m0/s1. The van der Waals surface area contributed by atoms with E-state index >= 15 is 0 Å². The summed E-state index contributed by atoms with van der Waals surface area (Å²) in [4.78, 5) is 33.3. The van der Waals surface area contributed by atoms with Gasteiger partial charge in [0, 0.05) is 31.7 Å². The molecule has 1 aliphatic rings. The highest BCUT2D eigenvalue weighted by Gasteiger charge is 2.22. The van der Waals surface area contributed by atoms with Crippen LogP contribution >= 0.6 is 11.6 Å². The van der Waals surface area contributed by atoms with E-state index in [9.17, 15) is 9.59 Å². The van der Waals surface area contributed by atoms with Crippen LogP contribution in [0, 0.1) is 0 Å². The Balaban J connectivity index is 1.40. The first-order valence-electron chi connectivity index (χ1n) is 11.3. The fraction of sp³-hybridized carbons (Fsp3) is 0.269. The number of likely N-dealkylation sites (N-methyl/N-ethyl adjacent to an activating group) is 1. The Morgan fingerprint density at radius 2 is 1.82 bits per heavy atom. The average Bonchev–Trinajstić information content (AvgIpc) is 2.85. The molecule has 3 aromatic rings. The highest BCUT2D eigenvalue weighted by Crippen LogP contribution is 2.19. The Hall–Kier alpha value is -3.42. The monoisotopic (exact) mass is 477 g/mol. The molecule has 1 atom stereocenters. The fourth-order valence-corrected chi connectivity index (χ4v) is 3.97.